The van der Waals surface area contributed by atoms with Gasteiger partial charge in [-0.25, -0.2) is 0 Å². The molecule has 0 heterocycles. The quantitative estimate of drug-likeness (QED) is 0.0752. The molecule has 238 valence electrons. The number of carbonyl (C=O) groups excluding carboxylic acids is 2. The lowest BCUT2D eigenvalue weighted by Crippen LogP contribution is -2.41. The van der Waals surface area contributed by atoms with Gasteiger partial charge in [-0.1, -0.05) is 39.5 Å². The first kappa shape index (κ1) is 42.3. The second kappa shape index (κ2) is 29.8. The van der Waals surface area contributed by atoms with E-state index in [0.717, 1.165) is 44.9 Å². The fourth-order valence-corrected chi connectivity index (χ4v) is 3.41. The number of hydrogen-bond acceptors (Lipinski definition) is 10. The molecule has 0 spiro atoms. The highest BCUT2D eigenvalue weighted by Gasteiger charge is 2.15. The van der Waals surface area contributed by atoms with Crippen LogP contribution >= 0.6 is 0 Å². The minimum atomic E-state index is -1.01. The molecular formula is C27H59N7O6. The summed E-state index contributed by atoms with van der Waals surface area (Å²) in [5.74, 6) is -2.07. The van der Waals surface area contributed by atoms with Crippen LogP contribution in [0.1, 0.15) is 104 Å². The van der Waals surface area contributed by atoms with Crippen molar-refractivity contribution < 1.29 is 29.4 Å². The molecule has 0 aromatic heterocycles. The number of hydrogen-bond donors (Lipinski definition) is 9. The molecule has 0 aromatic carbocycles. The van der Waals surface area contributed by atoms with Crippen LogP contribution in [0.15, 0.2) is 0 Å². The predicted molar refractivity (Wildman–Crippen MR) is 159 cm³/mol. The number of rotatable bonds is 23. The van der Waals surface area contributed by atoms with Crippen LogP contribution in [-0.2, 0) is 19.2 Å². The SMILES string of the molecule is CC.NCCCC[C@H](N)C(=O)CCCCC[C@H](N)C(=O)NCCCC[C@H](N)C(=O)O.NCCCC[C@H](N)C(=O)O. The highest BCUT2D eigenvalue weighted by atomic mass is 16.4. The van der Waals surface area contributed by atoms with Gasteiger partial charge in [-0.15, -0.1) is 0 Å². The van der Waals surface area contributed by atoms with E-state index in [4.69, 9.17) is 44.6 Å². The van der Waals surface area contributed by atoms with E-state index in [2.05, 4.69) is 5.32 Å². The maximum Gasteiger partial charge on any atom is 0.320 e. The minimum absolute atomic E-state index is 0.0849. The molecule has 0 unspecified atom stereocenters. The van der Waals surface area contributed by atoms with Gasteiger partial charge in [0.15, 0.2) is 0 Å². The van der Waals surface area contributed by atoms with Crippen molar-refractivity contribution in [2.75, 3.05) is 19.6 Å². The predicted octanol–water partition coefficient (Wildman–Crippen LogP) is 0.542. The third-order valence-electron chi connectivity index (χ3n) is 6.00. The molecule has 0 saturated heterocycles. The molecule has 0 aromatic rings. The molecular weight excluding hydrogens is 518 g/mol. The van der Waals surface area contributed by atoms with E-state index in [9.17, 15) is 19.2 Å². The molecule has 15 N–H and O–H groups in total. The first-order valence-corrected chi connectivity index (χ1v) is 14.7. The Hall–Kier alpha value is -2.16. The largest absolute Gasteiger partial charge is 0.480 e. The Labute approximate surface area is 240 Å². The van der Waals surface area contributed by atoms with E-state index < -0.39 is 36.1 Å². The van der Waals surface area contributed by atoms with Gasteiger partial charge in [0.25, 0.3) is 0 Å². The zero-order valence-corrected chi connectivity index (χ0v) is 24.8. The van der Waals surface area contributed by atoms with E-state index in [0.29, 0.717) is 64.6 Å². The van der Waals surface area contributed by atoms with E-state index >= 15 is 0 Å². The Balaban J connectivity index is -0.000000953. The highest BCUT2D eigenvalue weighted by Crippen LogP contribution is 2.09. The number of carbonyl (C=O) groups is 4. The number of Topliss-reactive ketones (excluding diaryl/α,β-unsaturated/α-hetero) is 1. The lowest BCUT2D eigenvalue weighted by atomic mass is 10.0. The lowest BCUT2D eigenvalue weighted by molar-refractivity contribution is -0.139. The van der Waals surface area contributed by atoms with Crippen LogP contribution in [0.5, 0.6) is 0 Å². The first-order valence-electron chi connectivity index (χ1n) is 14.7. The maximum absolute atomic E-state index is 11.9. The van der Waals surface area contributed by atoms with Crippen LogP contribution in [0.2, 0.25) is 0 Å². The monoisotopic (exact) mass is 577 g/mol. The highest BCUT2D eigenvalue weighted by molar-refractivity contribution is 5.83. The van der Waals surface area contributed by atoms with Crippen LogP contribution < -0.4 is 39.7 Å². The van der Waals surface area contributed by atoms with Crippen LogP contribution in [0.25, 0.3) is 0 Å². The topological polar surface area (TPSA) is 277 Å². The molecule has 0 aliphatic rings. The summed E-state index contributed by atoms with van der Waals surface area (Å²) < 4.78 is 0. The molecule has 13 nitrogen and oxygen atoms in total. The number of unbranched alkanes of at least 4 members (excludes halogenated alkanes) is 5. The van der Waals surface area contributed by atoms with E-state index in [1.54, 1.807) is 0 Å². The van der Waals surface area contributed by atoms with Gasteiger partial charge in [-0.05, 0) is 70.9 Å². The number of ketones is 1. The van der Waals surface area contributed by atoms with Crippen molar-refractivity contribution in [1.82, 2.24) is 5.32 Å². The smallest absolute Gasteiger partial charge is 0.320 e. The van der Waals surface area contributed by atoms with Crippen molar-refractivity contribution in [1.29, 1.82) is 0 Å². The average Bonchev–Trinajstić information content (AvgIpc) is 2.93. The summed E-state index contributed by atoms with van der Waals surface area (Å²) in [5, 5.41) is 19.8. The van der Waals surface area contributed by atoms with Crippen molar-refractivity contribution in [2.45, 2.75) is 128 Å². The normalized spacial score (nSPS) is 13.4. The van der Waals surface area contributed by atoms with Crippen LogP contribution in [0.3, 0.4) is 0 Å². The zero-order chi connectivity index (χ0) is 31.3. The molecule has 0 rings (SSSR count). The van der Waals surface area contributed by atoms with E-state index in [-0.39, 0.29) is 11.7 Å². The summed E-state index contributed by atoms with van der Waals surface area (Å²) >= 11 is 0. The minimum Gasteiger partial charge on any atom is -0.480 e. The maximum atomic E-state index is 11.9. The Morgan fingerprint density at radius 2 is 0.975 bits per heavy atom. The van der Waals surface area contributed by atoms with Gasteiger partial charge in [-0.3, -0.25) is 19.2 Å². The lowest BCUT2D eigenvalue weighted by Gasteiger charge is -2.13. The molecule has 0 aliphatic heterocycles. The summed E-state index contributed by atoms with van der Waals surface area (Å²) in [5.41, 5.74) is 33.0. The summed E-state index contributed by atoms with van der Waals surface area (Å²) in [7, 11) is 0. The number of nitrogens with one attached hydrogen (secondary N) is 1. The first-order chi connectivity index (χ1) is 19.0. The van der Waals surface area contributed by atoms with Crippen LogP contribution in [-0.4, -0.2) is 77.6 Å². The third-order valence-corrected chi connectivity index (χ3v) is 6.00. The fraction of sp³-hybridized carbons (Fsp3) is 0.852. The molecule has 13 heteroatoms. The molecule has 40 heavy (non-hydrogen) atoms. The van der Waals surface area contributed by atoms with Crippen molar-refractivity contribution in [3.63, 3.8) is 0 Å². The summed E-state index contributed by atoms with van der Waals surface area (Å²) in [6.07, 6.45) is 9.66. The number of amides is 1. The molecule has 0 aliphatic carbocycles. The summed E-state index contributed by atoms with van der Waals surface area (Å²) in [6, 6.07) is -2.54. The molecule has 1 amide bonds. The zero-order valence-electron chi connectivity index (χ0n) is 24.8. The fourth-order valence-electron chi connectivity index (χ4n) is 3.41. The average molecular weight is 578 g/mol. The molecule has 0 bridgehead atoms. The van der Waals surface area contributed by atoms with Crippen molar-refractivity contribution >= 4 is 23.6 Å². The van der Waals surface area contributed by atoms with E-state index in [1.807, 2.05) is 13.8 Å². The van der Waals surface area contributed by atoms with Crippen molar-refractivity contribution in [3.05, 3.63) is 0 Å². The molecule has 0 fully saturated rings. The summed E-state index contributed by atoms with van der Waals surface area (Å²) in [6.45, 7) is 5.68. The summed E-state index contributed by atoms with van der Waals surface area (Å²) in [4.78, 5) is 44.5. The molecule has 4 atom stereocenters. The van der Waals surface area contributed by atoms with Crippen LogP contribution in [0.4, 0.5) is 0 Å². The number of nitrogens with two attached hydrogens (primary N) is 6. The van der Waals surface area contributed by atoms with Gasteiger partial charge in [0, 0.05) is 13.0 Å². The Morgan fingerprint density at radius 3 is 1.43 bits per heavy atom. The second-order valence-corrected chi connectivity index (χ2v) is 9.52. The Bertz CT molecular complexity index is 655. The number of carboxylic acids is 2. The third kappa shape index (κ3) is 27.4. The van der Waals surface area contributed by atoms with Crippen molar-refractivity contribution in [2.24, 2.45) is 34.4 Å². The Morgan fingerprint density at radius 1 is 0.575 bits per heavy atom. The Kier molecular flexibility index (Phi) is 31.5. The van der Waals surface area contributed by atoms with Gasteiger partial charge in [-0.2, -0.15) is 0 Å². The molecule has 0 saturated carbocycles. The standard InChI is InChI=1S/C19H39N5O4.C6H14N2O2.C2H6/c20-12-6-4-8-14(21)17(25)11-3-1-2-9-15(22)18(26)24-13-7-5-10-16(23)19(27)28;7-4-2-1-3-5(8)6(9)10;1-2/h14-16H,1-13,20-23H2,(H,24,26)(H,27,28);5H,1-4,7-8H2,(H,9,10);1-2H3/t14-,15-,16-;5-;/m00./s1. The van der Waals surface area contributed by atoms with Gasteiger partial charge in [0.1, 0.15) is 17.9 Å². The van der Waals surface area contributed by atoms with Crippen molar-refractivity contribution in [3.8, 4) is 0 Å². The number of aliphatic carboxylic acids is 2. The molecule has 0 radical (unpaired) electrons. The second-order valence-electron chi connectivity index (χ2n) is 9.52. The van der Waals surface area contributed by atoms with Gasteiger partial charge < -0.3 is 49.9 Å². The number of carboxylic acid groups (broad SMARTS) is 2. The van der Waals surface area contributed by atoms with Gasteiger partial charge >= 0.3 is 11.9 Å². The van der Waals surface area contributed by atoms with E-state index in [1.165, 1.54) is 0 Å². The van der Waals surface area contributed by atoms with Gasteiger partial charge in [0.2, 0.25) is 5.91 Å². The van der Waals surface area contributed by atoms with Crippen LogP contribution in [0, 0.1) is 0 Å². The van der Waals surface area contributed by atoms with Gasteiger partial charge in [0.05, 0.1) is 12.1 Å².